The number of nitrogens with zero attached hydrogens (tertiary/aromatic N) is 8. The first-order valence-electron chi connectivity index (χ1n) is 19.6. The normalized spacial score (nSPS) is 19.1. The lowest BCUT2D eigenvalue weighted by atomic mass is 9.72. The molecule has 290 valence electrons. The van der Waals surface area contributed by atoms with Crippen molar-refractivity contribution < 1.29 is 19.2 Å². The number of piperidine rings is 1. The van der Waals surface area contributed by atoms with Crippen LogP contribution in [0.3, 0.4) is 0 Å². The maximum atomic E-state index is 13.5. The number of urea groups is 1. The molecule has 2 aromatic carbocycles. The molecule has 4 aliphatic heterocycles. The number of imide groups is 1. The summed E-state index contributed by atoms with van der Waals surface area (Å²) in [4.78, 5) is 67.8. The van der Waals surface area contributed by atoms with Gasteiger partial charge in [-0.05, 0) is 91.1 Å². The van der Waals surface area contributed by atoms with Crippen molar-refractivity contribution in [2.45, 2.75) is 51.1 Å². The highest BCUT2D eigenvalue weighted by molar-refractivity contribution is 6.34. The highest BCUT2D eigenvalue weighted by atomic mass is 35.5. The smallest absolute Gasteiger partial charge is 0.328 e. The second kappa shape index (κ2) is 14.0. The van der Waals surface area contributed by atoms with E-state index in [2.05, 4.69) is 55.7 Å². The molecular weight excluding hydrogens is 744 g/mol. The van der Waals surface area contributed by atoms with Crippen molar-refractivity contribution in [1.82, 2.24) is 40.0 Å². The third kappa shape index (κ3) is 6.65. The van der Waals surface area contributed by atoms with Gasteiger partial charge in [0.15, 0.2) is 17.2 Å². The number of rotatable bonds is 8. The Kier molecular flexibility index (Phi) is 8.70. The molecule has 0 bridgehead atoms. The molecule has 15 heteroatoms. The van der Waals surface area contributed by atoms with Gasteiger partial charge in [-0.3, -0.25) is 34.5 Å². The van der Waals surface area contributed by atoms with E-state index < -0.39 is 6.03 Å². The summed E-state index contributed by atoms with van der Waals surface area (Å²) in [5, 5.41) is 10.6. The first-order valence-corrected chi connectivity index (χ1v) is 20.0. The Morgan fingerprint density at radius 2 is 1.70 bits per heavy atom. The van der Waals surface area contributed by atoms with Crippen LogP contribution in [0, 0.1) is 5.41 Å². The van der Waals surface area contributed by atoms with E-state index in [1.807, 2.05) is 23.2 Å². The Labute approximate surface area is 333 Å². The maximum Gasteiger partial charge on any atom is 0.328 e. The van der Waals surface area contributed by atoms with Gasteiger partial charge in [0, 0.05) is 81.3 Å². The second-order valence-corrected chi connectivity index (χ2v) is 16.4. The van der Waals surface area contributed by atoms with Crippen LogP contribution in [-0.4, -0.2) is 98.4 Å². The van der Waals surface area contributed by atoms with Gasteiger partial charge in [-0.25, -0.2) is 14.3 Å². The topological polar surface area (TPSA) is 148 Å². The van der Waals surface area contributed by atoms with E-state index in [9.17, 15) is 19.2 Å². The lowest BCUT2D eigenvalue weighted by Crippen LogP contribution is -2.60. The number of pyridine rings is 1. The molecule has 5 aromatic rings. The highest BCUT2D eigenvalue weighted by Gasteiger charge is 2.45. The summed E-state index contributed by atoms with van der Waals surface area (Å²) >= 11 is 6.41. The van der Waals surface area contributed by atoms with E-state index in [1.165, 1.54) is 16.0 Å². The Morgan fingerprint density at radius 1 is 0.877 bits per heavy atom. The zero-order chi connectivity index (χ0) is 38.8. The molecule has 1 saturated carbocycles. The molecule has 0 radical (unpaired) electrons. The van der Waals surface area contributed by atoms with Crippen molar-refractivity contribution in [2.75, 3.05) is 49.1 Å². The van der Waals surface area contributed by atoms with Gasteiger partial charge in [-0.15, -0.1) is 5.10 Å². The van der Waals surface area contributed by atoms with Gasteiger partial charge in [0.05, 0.1) is 22.6 Å². The number of imidazole rings is 1. The zero-order valence-corrected chi connectivity index (χ0v) is 32.0. The van der Waals surface area contributed by atoms with Crippen LogP contribution >= 0.6 is 11.6 Å². The Hall–Kier alpha value is -5.86. The second-order valence-electron chi connectivity index (χ2n) is 16.0. The minimum absolute atomic E-state index is 0.0773. The highest BCUT2D eigenvalue weighted by Crippen LogP contribution is 2.42. The van der Waals surface area contributed by atoms with E-state index in [1.54, 1.807) is 28.9 Å². The molecular formula is C42H41ClN10O4. The molecule has 2 N–H and O–H groups in total. The molecule has 1 spiro atoms. The largest absolute Gasteiger partial charge is 0.348 e. The van der Waals surface area contributed by atoms with Gasteiger partial charge in [0.25, 0.3) is 11.8 Å². The van der Waals surface area contributed by atoms with Crippen LogP contribution in [-0.2, 0) is 17.8 Å². The molecule has 57 heavy (non-hydrogen) atoms. The van der Waals surface area contributed by atoms with Gasteiger partial charge in [-0.1, -0.05) is 29.8 Å². The number of hydrogen-bond acceptors (Lipinski definition) is 9. The number of hydrogen-bond donors (Lipinski definition) is 2. The SMILES string of the molecule is O=C1CCN(c2cc(C(=O)N3CCC4(CC3)CN(Cc3ccc(-c5cccc6c5CCN6c5ccc6ncc(C(=O)NC7CC7)n6n5)nc3)C4)ccc2Cl)C(=O)N1. The lowest BCUT2D eigenvalue weighted by molar-refractivity contribution is -0.120. The third-order valence-electron chi connectivity index (χ3n) is 12.1. The minimum atomic E-state index is -0.531. The molecule has 1 aliphatic carbocycles. The van der Waals surface area contributed by atoms with Crippen molar-refractivity contribution in [3.63, 3.8) is 0 Å². The summed E-state index contributed by atoms with van der Waals surface area (Å²) in [7, 11) is 0. The number of benzene rings is 2. The van der Waals surface area contributed by atoms with Crippen molar-refractivity contribution in [1.29, 1.82) is 0 Å². The van der Waals surface area contributed by atoms with E-state index in [4.69, 9.17) is 21.7 Å². The predicted octanol–water partition coefficient (Wildman–Crippen LogP) is 5.22. The standard InChI is InChI=1S/C42H41ClN10O4/c43-31-8-5-27(20-34(31)52-17-13-38(54)47-41(52)57)40(56)50-18-14-42(15-19-50)24-49(25-42)23-26-4-9-32(44-21-26)29-2-1-3-33-30(29)12-16-51(33)37-11-10-36-45-22-35(53(36)48-37)39(55)46-28-6-7-28/h1-5,8-11,20-22,28H,6-7,12-19,23-25H2,(H,46,55)(H,47,54,57). The van der Waals surface area contributed by atoms with Gasteiger partial charge in [-0.2, -0.15) is 0 Å². The van der Waals surface area contributed by atoms with Crippen LogP contribution in [0.4, 0.5) is 22.0 Å². The average molecular weight is 785 g/mol. The number of halogens is 1. The number of nitrogens with one attached hydrogen (secondary N) is 2. The lowest BCUT2D eigenvalue weighted by Gasteiger charge is -2.54. The van der Waals surface area contributed by atoms with Crippen LogP contribution in [0.15, 0.2) is 73.1 Å². The Balaban J connectivity index is 0.754. The molecule has 14 nitrogen and oxygen atoms in total. The zero-order valence-electron chi connectivity index (χ0n) is 31.3. The molecule has 10 rings (SSSR count). The molecule has 0 unspecified atom stereocenters. The molecule has 5 amide bonds. The van der Waals surface area contributed by atoms with Crippen molar-refractivity contribution >= 4 is 58.2 Å². The van der Waals surface area contributed by atoms with Crippen LogP contribution in [0.25, 0.3) is 16.9 Å². The summed E-state index contributed by atoms with van der Waals surface area (Å²) in [6, 6.07) is 19.2. The van der Waals surface area contributed by atoms with Gasteiger partial charge >= 0.3 is 6.03 Å². The summed E-state index contributed by atoms with van der Waals surface area (Å²) in [6.45, 7) is 5.13. The molecule has 3 aromatic heterocycles. The number of anilines is 3. The van der Waals surface area contributed by atoms with Gasteiger partial charge in [0.1, 0.15) is 0 Å². The molecule has 3 saturated heterocycles. The fourth-order valence-electron chi connectivity index (χ4n) is 8.84. The van der Waals surface area contributed by atoms with Gasteiger partial charge < -0.3 is 15.1 Å². The van der Waals surface area contributed by atoms with E-state index in [-0.39, 0.29) is 42.1 Å². The van der Waals surface area contributed by atoms with Crippen molar-refractivity contribution in [3.8, 4) is 11.3 Å². The van der Waals surface area contributed by atoms with Crippen molar-refractivity contribution in [2.24, 2.45) is 5.41 Å². The minimum Gasteiger partial charge on any atom is -0.348 e. The summed E-state index contributed by atoms with van der Waals surface area (Å²) in [5.41, 5.74) is 7.74. The number of carbonyl (C=O) groups excluding carboxylic acids is 4. The summed E-state index contributed by atoms with van der Waals surface area (Å²) in [5.74, 6) is 0.227. The third-order valence-corrected chi connectivity index (χ3v) is 12.4. The Morgan fingerprint density at radius 3 is 2.47 bits per heavy atom. The van der Waals surface area contributed by atoms with Crippen LogP contribution in [0.2, 0.25) is 5.02 Å². The van der Waals surface area contributed by atoms with Crippen LogP contribution in [0.5, 0.6) is 0 Å². The quantitative estimate of drug-likeness (QED) is 0.216. The monoisotopic (exact) mass is 784 g/mol. The maximum absolute atomic E-state index is 13.5. The first kappa shape index (κ1) is 35.5. The van der Waals surface area contributed by atoms with Crippen LogP contribution < -0.4 is 20.4 Å². The van der Waals surface area contributed by atoms with E-state index >= 15 is 0 Å². The molecule has 5 aliphatic rings. The molecule has 0 atom stereocenters. The fourth-order valence-corrected chi connectivity index (χ4v) is 9.06. The molecule has 7 heterocycles. The van der Waals surface area contributed by atoms with Gasteiger partial charge in [0.2, 0.25) is 5.91 Å². The number of amides is 5. The fraction of sp³-hybridized carbons (Fsp3) is 0.357. The summed E-state index contributed by atoms with van der Waals surface area (Å²) in [6.07, 6.45) is 8.51. The van der Waals surface area contributed by atoms with Crippen LogP contribution in [0.1, 0.15) is 64.1 Å². The Bertz CT molecular complexity index is 2450. The first-order chi connectivity index (χ1) is 27.7. The van der Waals surface area contributed by atoms with Crippen molar-refractivity contribution in [3.05, 3.63) is 100 Å². The number of aromatic nitrogens is 4. The van der Waals surface area contributed by atoms with E-state index in [0.29, 0.717) is 40.7 Å². The van der Waals surface area contributed by atoms with E-state index in [0.717, 1.165) is 81.0 Å². The molecule has 4 fully saturated rings. The predicted molar refractivity (Wildman–Crippen MR) is 214 cm³/mol. The number of carbonyl (C=O) groups is 4. The summed E-state index contributed by atoms with van der Waals surface area (Å²) < 4.78 is 1.64. The number of fused-ring (bicyclic) bond motifs is 2. The average Bonchev–Trinajstić information content (AvgIpc) is 3.74. The number of likely N-dealkylation sites (tertiary alicyclic amines) is 2.